The van der Waals surface area contributed by atoms with Gasteiger partial charge in [0.25, 0.3) is 0 Å². The van der Waals surface area contributed by atoms with Crippen molar-refractivity contribution in [3.8, 4) is 22.5 Å². The molecule has 14 radical (unpaired) electrons. The maximum Gasteiger partial charge on any atom is 0.487 e. The standard InChI is InChI=1S/C36H18B8N2O2/c37-27-25-26-28(38)34(44(47)48)31(41)33(43)36(26)45(35(25)32(42)30(40)29(27)39)18-14-15-24-21(16-18)20-11-5-7-13-23(20)46(24)22-12-6-4-10-19(22)17-8-2-1-3-9-17/h1-16,47-48H. The molecule has 4 nitrogen and oxygen atoms in total. The van der Waals surface area contributed by atoms with Gasteiger partial charge in [-0.3, -0.25) is 0 Å². The minimum Gasteiger partial charge on any atom is -0.423 e. The van der Waals surface area contributed by atoms with Gasteiger partial charge in [0.1, 0.15) is 54.9 Å². The molecule has 0 spiro atoms. The van der Waals surface area contributed by atoms with Crippen LogP contribution in [-0.4, -0.2) is 81.2 Å². The fourth-order valence-electron chi connectivity index (χ4n) is 7.14. The van der Waals surface area contributed by atoms with Crippen molar-refractivity contribution < 1.29 is 10.0 Å². The molecule has 0 aliphatic heterocycles. The molecule has 0 aliphatic carbocycles. The van der Waals surface area contributed by atoms with Crippen LogP contribution in [0.25, 0.3) is 66.1 Å². The number of hydrogen-bond acceptors (Lipinski definition) is 2. The molecule has 0 saturated carbocycles. The van der Waals surface area contributed by atoms with Gasteiger partial charge in [-0.2, -0.15) is 0 Å². The van der Waals surface area contributed by atoms with Crippen LogP contribution in [0.2, 0.25) is 0 Å². The molecule has 0 atom stereocenters. The SMILES string of the molecule is [B]c1c([B])c([B])c2c(c1[B])c1c([B])c(B(O)O)c([B])c([B])c1n2-c1ccc2c(c1)c1ccccc1n2-c1ccccc1-c1ccccc1. The molecule has 0 fully saturated rings. The summed E-state index contributed by atoms with van der Waals surface area (Å²) in [7, 11) is 43.7. The zero-order valence-corrected chi connectivity index (χ0v) is 25.6. The molecule has 6 aromatic carbocycles. The van der Waals surface area contributed by atoms with Crippen molar-refractivity contribution in [3.05, 3.63) is 97.1 Å². The summed E-state index contributed by atoms with van der Waals surface area (Å²) in [6.07, 6.45) is 0. The summed E-state index contributed by atoms with van der Waals surface area (Å²) in [6, 6.07) is 32.8. The largest absolute Gasteiger partial charge is 0.487 e. The van der Waals surface area contributed by atoms with Gasteiger partial charge in [-0.25, -0.2) is 0 Å². The lowest BCUT2D eigenvalue weighted by Crippen LogP contribution is -2.56. The highest BCUT2D eigenvalue weighted by Gasteiger charge is 2.27. The van der Waals surface area contributed by atoms with Crippen LogP contribution < -0.4 is 43.7 Å². The van der Waals surface area contributed by atoms with Gasteiger partial charge in [0, 0.05) is 33.1 Å². The van der Waals surface area contributed by atoms with Gasteiger partial charge in [0.05, 0.1) is 16.7 Å². The van der Waals surface area contributed by atoms with E-state index in [4.69, 9.17) is 54.9 Å². The fraction of sp³-hybridized carbons (Fsp3) is 0. The minimum absolute atomic E-state index is 0.0130. The molecule has 0 aliphatic rings. The average Bonchev–Trinajstić information content (AvgIpc) is 3.63. The van der Waals surface area contributed by atoms with Crippen LogP contribution in [0.5, 0.6) is 0 Å². The first-order valence-electron chi connectivity index (χ1n) is 15.2. The summed E-state index contributed by atoms with van der Waals surface area (Å²) in [4.78, 5) is 0. The number of rotatable bonds is 4. The lowest BCUT2D eigenvalue weighted by atomic mass is 9.59. The fourth-order valence-corrected chi connectivity index (χ4v) is 7.14. The van der Waals surface area contributed by atoms with E-state index in [-0.39, 0.29) is 43.7 Å². The smallest absolute Gasteiger partial charge is 0.423 e. The van der Waals surface area contributed by atoms with Crippen molar-refractivity contribution in [3.63, 3.8) is 0 Å². The topological polar surface area (TPSA) is 50.3 Å². The van der Waals surface area contributed by atoms with Gasteiger partial charge in [-0.15, -0.1) is 16.4 Å². The number of para-hydroxylation sites is 2. The van der Waals surface area contributed by atoms with E-state index in [0.717, 1.165) is 38.6 Å². The Balaban J connectivity index is 1.51. The normalized spacial score (nSPS) is 11.7. The summed E-state index contributed by atoms with van der Waals surface area (Å²) in [5.41, 5.74) is 6.98. The predicted molar refractivity (Wildman–Crippen MR) is 208 cm³/mol. The van der Waals surface area contributed by atoms with E-state index in [2.05, 4.69) is 41.0 Å². The third kappa shape index (κ3) is 4.22. The number of fused-ring (bicyclic) bond motifs is 6. The van der Waals surface area contributed by atoms with E-state index in [1.165, 1.54) is 0 Å². The molecule has 2 heterocycles. The molecule has 0 bridgehead atoms. The van der Waals surface area contributed by atoms with Gasteiger partial charge in [0.2, 0.25) is 0 Å². The van der Waals surface area contributed by atoms with E-state index in [9.17, 15) is 10.0 Å². The molecule has 0 saturated heterocycles. The number of benzene rings is 6. The van der Waals surface area contributed by atoms with Crippen molar-refractivity contribution in [2.45, 2.75) is 0 Å². The van der Waals surface area contributed by atoms with Crippen molar-refractivity contribution in [2.24, 2.45) is 0 Å². The van der Waals surface area contributed by atoms with Crippen LogP contribution in [0.1, 0.15) is 0 Å². The zero-order chi connectivity index (χ0) is 33.6. The Bertz CT molecular complexity index is 2630. The van der Waals surface area contributed by atoms with Crippen LogP contribution in [-0.2, 0) is 0 Å². The highest BCUT2D eigenvalue weighted by Crippen LogP contribution is 2.38. The van der Waals surface area contributed by atoms with Gasteiger partial charge >= 0.3 is 7.12 Å². The van der Waals surface area contributed by atoms with Crippen molar-refractivity contribution >= 4 is 149 Å². The Morgan fingerprint density at radius 2 is 1.06 bits per heavy atom. The highest BCUT2D eigenvalue weighted by molar-refractivity contribution is 6.76. The molecule has 2 N–H and O–H groups in total. The Labute approximate surface area is 287 Å². The van der Waals surface area contributed by atoms with Crippen molar-refractivity contribution in [1.82, 2.24) is 9.13 Å². The van der Waals surface area contributed by atoms with Crippen molar-refractivity contribution in [2.75, 3.05) is 0 Å². The van der Waals surface area contributed by atoms with E-state index in [1.54, 1.807) is 0 Å². The van der Waals surface area contributed by atoms with E-state index >= 15 is 0 Å². The first kappa shape index (κ1) is 30.7. The van der Waals surface area contributed by atoms with Crippen LogP contribution in [0, 0.1) is 0 Å². The Morgan fingerprint density at radius 1 is 0.479 bits per heavy atom. The van der Waals surface area contributed by atoms with E-state index < -0.39 is 7.12 Å². The summed E-state index contributed by atoms with van der Waals surface area (Å²) >= 11 is 0. The summed E-state index contributed by atoms with van der Waals surface area (Å²) in [5.74, 6) is 0. The van der Waals surface area contributed by atoms with E-state index in [0.29, 0.717) is 27.5 Å². The lowest BCUT2D eigenvalue weighted by molar-refractivity contribution is 0.426. The monoisotopic (exact) mass is 598 g/mol. The Kier molecular flexibility index (Phi) is 7.17. The summed E-state index contributed by atoms with van der Waals surface area (Å²) < 4.78 is 4.07. The quantitative estimate of drug-likeness (QED) is 0.251. The first-order valence-corrected chi connectivity index (χ1v) is 15.2. The highest BCUT2D eigenvalue weighted by atomic mass is 16.4. The molecule has 48 heavy (non-hydrogen) atoms. The third-order valence-electron chi connectivity index (χ3n) is 9.36. The van der Waals surface area contributed by atoms with E-state index in [1.807, 2.05) is 65.2 Å². The summed E-state index contributed by atoms with van der Waals surface area (Å²) in [6.45, 7) is 0. The number of hydrogen-bond donors (Lipinski definition) is 2. The van der Waals surface area contributed by atoms with Crippen LogP contribution in [0.4, 0.5) is 0 Å². The van der Waals surface area contributed by atoms with Gasteiger partial charge in [0.15, 0.2) is 0 Å². The lowest BCUT2D eigenvalue weighted by Gasteiger charge is -2.18. The Morgan fingerprint density at radius 3 is 1.79 bits per heavy atom. The second kappa shape index (κ2) is 11.2. The molecular weight excluding hydrogens is 579 g/mol. The van der Waals surface area contributed by atoms with Crippen LogP contribution >= 0.6 is 0 Å². The molecule has 208 valence electrons. The third-order valence-corrected chi connectivity index (χ3v) is 9.36. The first-order chi connectivity index (χ1) is 23.1. The van der Waals surface area contributed by atoms with Crippen molar-refractivity contribution in [1.29, 1.82) is 0 Å². The average molecular weight is 597 g/mol. The Hall–Kier alpha value is -4.64. The molecule has 0 amide bonds. The maximum absolute atomic E-state index is 10.2. The van der Waals surface area contributed by atoms with Gasteiger partial charge < -0.3 is 19.2 Å². The minimum atomic E-state index is -2.00. The summed E-state index contributed by atoms with van der Waals surface area (Å²) in [5, 5.41) is 23.1. The molecule has 8 rings (SSSR count). The van der Waals surface area contributed by atoms with Gasteiger partial charge in [-0.05, 0) is 52.1 Å². The second-order valence-electron chi connectivity index (χ2n) is 11.9. The van der Waals surface area contributed by atoms with Crippen LogP contribution in [0.3, 0.4) is 0 Å². The molecular formula is C36H18B8N2O2. The second-order valence-corrected chi connectivity index (χ2v) is 11.9. The zero-order valence-electron chi connectivity index (χ0n) is 25.6. The number of aromatic nitrogens is 2. The maximum atomic E-state index is 10.2. The molecule has 12 heteroatoms. The van der Waals surface area contributed by atoms with Crippen LogP contribution in [0.15, 0.2) is 97.1 Å². The molecule has 8 aromatic rings. The predicted octanol–water partition coefficient (Wildman–Crippen LogP) is -1.22. The molecule has 2 aromatic heterocycles. The van der Waals surface area contributed by atoms with Gasteiger partial charge in [-0.1, -0.05) is 88.6 Å². The molecule has 0 unspecified atom stereocenters. The number of nitrogens with zero attached hydrogens (tertiary/aromatic N) is 2.